The van der Waals surface area contributed by atoms with Gasteiger partial charge in [0, 0.05) is 42.4 Å². The maximum atomic E-state index is 12.6. The lowest BCUT2D eigenvalue weighted by Gasteiger charge is -2.26. The molecule has 6 nitrogen and oxygen atoms in total. The molecule has 2 atom stereocenters. The van der Waals surface area contributed by atoms with Crippen LogP contribution in [0.25, 0.3) is 10.8 Å². The summed E-state index contributed by atoms with van der Waals surface area (Å²) in [5.74, 6) is 1.24. The highest BCUT2D eigenvalue weighted by Crippen LogP contribution is 2.40. The van der Waals surface area contributed by atoms with Crippen molar-refractivity contribution in [3.05, 3.63) is 72.3 Å². The summed E-state index contributed by atoms with van der Waals surface area (Å²) in [6.45, 7) is 4.99. The van der Waals surface area contributed by atoms with Crippen molar-refractivity contribution in [1.29, 1.82) is 0 Å². The monoisotopic (exact) mass is 431 g/mol. The van der Waals surface area contributed by atoms with Crippen LogP contribution in [0.3, 0.4) is 0 Å². The van der Waals surface area contributed by atoms with Gasteiger partial charge >= 0.3 is 6.03 Å². The Labute approximate surface area is 188 Å². The first kappa shape index (κ1) is 20.8. The van der Waals surface area contributed by atoms with Crippen molar-refractivity contribution in [1.82, 2.24) is 10.2 Å². The van der Waals surface area contributed by atoms with E-state index in [0.29, 0.717) is 12.5 Å². The Balaban J connectivity index is 1.21. The second kappa shape index (κ2) is 9.59. The largest absolute Gasteiger partial charge is 0.492 e. The summed E-state index contributed by atoms with van der Waals surface area (Å²) in [5, 5.41) is 8.11. The quantitative estimate of drug-likeness (QED) is 0.588. The number of hydrogen-bond acceptors (Lipinski definition) is 4. The van der Waals surface area contributed by atoms with Crippen molar-refractivity contribution in [2.75, 3.05) is 44.8 Å². The Morgan fingerprint density at radius 2 is 1.72 bits per heavy atom. The molecule has 2 unspecified atom stereocenters. The first-order chi connectivity index (χ1) is 15.8. The minimum atomic E-state index is -0.167. The number of carbonyl (C=O) groups excluding carboxylic acids is 1. The van der Waals surface area contributed by atoms with Gasteiger partial charge in [-0.25, -0.2) is 4.79 Å². The van der Waals surface area contributed by atoms with Crippen LogP contribution >= 0.6 is 0 Å². The Kier molecular flexibility index (Phi) is 6.23. The number of rotatable bonds is 7. The van der Waals surface area contributed by atoms with Crippen molar-refractivity contribution < 1.29 is 14.3 Å². The Bertz CT molecular complexity index is 1070. The van der Waals surface area contributed by atoms with Gasteiger partial charge in [-0.2, -0.15) is 0 Å². The normalized spacial score (nSPS) is 20.6. The smallest absolute Gasteiger partial charge is 0.319 e. The lowest BCUT2D eigenvalue weighted by Crippen LogP contribution is -2.38. The number of benzene rings is 3. The molecule has 2 amide bonds. The van der Waals surface area contributed by atoms with Gasteiger partial charge in [0.05, 0.1) is 18.9 Å². The summed E-state index contributed by atoms with van der Waals surface area (Å²) < 4.78 is 11.5. The topological polar surface area (TPSA) is 62.8 Å². The number of ether oxygens (including phenoxy) is 2. The van der Waals surface area contributed by atoms with E-state index in [1.165, 1.54) is 5.56 Å². The molecular formula is C26H29N3O3. The zero-order chi connectivity index (χ0) is 21.8. The molecule has 0 spiro atoms. The molecule has 1 heterocycles. The van der Waals surface area contributed by atoms with Gasteiger partial charge in [0.1, 0.15) is 12.4 Å². The molecular weight excluding hydrogens is 402 g/mol. The standard InChI is InChI=1S/C26H29N3O3/c30-26(28-24-18-22(24)19-6-2-1-3-7-19)27-23-10-11-25(21-9-5-4-8-20(21)23)32-17-14-29-12-15-31-16-13-29/h1-11,22,24H,12-18H2,(H2,27,28,30). The van der Waals surface area contributed by atoms with Gasteiger partial charge in [0.2, 0.25) is 0 Å². The van der Waals surface area contributed by atoms with Crippen LogP contribution in [0.15, 0.2) is 66.7 Å². The second-order valence-electron chi connectivity index (χ2n) is 8.42. The van der Waals surface area contributed by atoms with Crippen LogP contribution in [0.2, 0.25) is 0 Å². The van der Waals surface area contributed by atoms with E-state index >= 15 is 0 Å². The molecule has 166 valence electrons. The molecule has 3 aromatic carbocycles. The van der Waals surface area contributed by atoms with Gasteiger partial charge in [-0.15, -0.1) is 0 Å². The minimum absolute atomic E-state index is 0.167. The zero-order valence-corrected chi connectivity index (χ0v) is 18.1. The fourth-order valence-electron chi connectivity index (χ4n) is 4.37. The highest BCUT2D eigenvalue weighted by molar-refractivity contribution is 6.04. The van der Waals surface area contributed by atoms with Crippen LogP contribution < -0.4 is 15.4 Å². The predicted molar refractivity (Wildman–Crippen MR) is 126 cm³/mol. The first-order valence-electron chi connectivity index (χ1n) is 11.3. The fraction of sp³-hybridized carbons (Fsp3) is 0.346. The Morgan fingerprint density at radius 1 is 0.969 bits per heavy atom. The molecule has 1 aliphatic heterocycles. The molecule has 1 saturated carbocycles. The average Bonchev–Trinajstić information content (AvgIpc) is 3.60. The number of fused-ring (bicyclic) bond motifs is 1. The summed E-state index contributed by atoms with van der Waals surface area (Å²) in [7, 11) is 0. The molecule has 0 bridgehead atoms. The van der Waals surface area contributed by atoms with Crippen LogP contribution in [0.1, 0.15) is 17.9 Å². The Morgan fingerprint density at radius 3 is 2.53 bits per heavy atom. The van der Waals surface area contributed by atoms with Gasteiger partial charge in [-0.05, 0) is 24.1 Å². The number of anilines is 1. The van der Waals surface area contributed by atoms with E-state index < -0.39 is 0 Å². The maximum Gasteiger partial charge on any atom is 0.319 e. The summed E-state index contributed by atoms with van der Waals surface area (Å²) in [6.07, 6.45) is 0.980. The van der Waals surface area contributed by atoms with Crippen LogP contribution in [-0.2, 0) is 4.74 Å². The third-order valence-corrected chi connectivity index (χ3v) is 6.24. The molecule has 2 fully saturated rings. The van der Waals surface area contributed by atoms with E-state index in [-0.39, 0.29) is 12.1 Å². The number of nitrogens with one attached hydrogen (secondary N) is 2. The molecule has 1 saturated heterocycles. The maximum absolute atomic E-state index is 12.6. The van der Waals surface area contributed by atoms with Crippen LogP contribution in [0.5, 0.6) is 5.75 Å². The molecule has 32 heavy (non-hydrogen) atoms. The summed E-state index contributed by atoms with van der Waals surface area (Å²) >= 11 is 0. The van der Waals surface area contributed by atoms with Crippen LogP contribution in [0.4, 0.5) is 10.5 Å². The predicted octanol–water partition coefficient (Wildman–Crippen LogP) is 4.23. The van der Waals surface area contributed by atoms with Gasteiger partial charge in [0.15, 0.2) is 0 Å². The first-order valence-corrected chi connectivity index (χ1v) is 11.3. The average molecular weight is 432 g/mol. The van der Waals surface area contributed by atoms with E-state index in [0.717, 1.165) is 61.5 Å². The number of hydrogen-bond donors (Lipinski definition) is 2. The van der Waals surface area contributed by atoms with Crippen molar-refractivity contribution in [2.24, 2.45) is 0 Å². The minimum Gasteiger partial charge on any atom is -0.492 e. The summed E-state index contributed by atoms with van der Waals surface area (Å²) in [4.78, 5) is 15.0. The van der Waals surface area contributed by atoms with Crippen LogP contribution in [0, 0.1) is 0 Å². The zero-order valence-electron chi connectivity index (χ0n) is 18.1. The van der Waals surface area contributed by atoms with Crippen molar-refractivity contribution in [3.8, 4) is 5.75 Å². The lowest BCUT2D eigenvalue weighted by atomic mass is 10.1. The molecule has 1 aliphatic carbocycles. The molecule has 0 aromatic heterocycles. The number of urea groups is 1. The molecule has 6 heteroatoms. The SMILES string of the molecule is O=C(Nc1ccc(OCCN2CCOCC2)c2ccccc12)NC1CC1c1ccccc1. The number of nitrogens with zero attached hydrogens (tertiary/aromatic N) is 1. The fourth-order valence-corrected chi connectivity index (χ4v) is 4.37. The molecule has 5 rings (SSSR count). The van der Waals surface area contributed by atoms with Gasteiger partial charge < -0.3 is 20.1 Å². The van der Waals surface area contributed by atoms with Gasteiger partial charge in [-0.3, -0.25) is 4.90 Å². The highest BCUT2D eigenvalue weighted by atomic mass is 16.5. The number of morpholine rings is 1. The molecule has 2 N–H and O–H groups in total. The molecule has 2 aliphatic rings. The van der Waals surface area contributed by atoms with E-state index in [1.807, 2.05) is 54.6 Å². The van der Waals surface area contributed by atoms with Crippen molar-refractivity contribution in [3.63, 3.8) is 0 Å². The van der Waals surface area contributed by atoms with Crippen LogP contribution in [-0.4, -0.2) is 56.4 Å². The van der Waals surface area contributed by atoms with E-state index in [4.69, 9.17) is 9.47 Å². The lowest BCUT2D eigenvalue weighted by molar-refractivity contribution is 0.0323. The molecule has 0 radical (unpaired) electrons. The summed E-state index contributed by atoms with van der Waals surface area (Å²) in [6, 6.07) is 22.3. The second-order valence-corrected chi connectivity index (χ2v) is 8.42. The Hall–Kier alpha value is -3.09. The highest BCUT2D eigenvalue weighted by Gasteiger charge is 2.39. The third kappa shape index (κ3) is 4.87. The van der Waals surface area contributed by atoms with Crippen molar-refractivity contribution in [2.45, 2.75) is 18.4 Å². The van der Waals surface area contributed by atoms with Gasteiger partial charge in [0.25, 0.3) is 0 Å². The summed E-state index contributed by atoms with van der Waals surface area (Å²) in [5.41, 5.74) is 2.07. The third-order valence-electron chi connectivity index (χ3n) is 6.24. The molecule has 3 aromatic rings. The van der Waals surface area contributed by atoms with E-state index in [9.17, 15) is 4.79 Å². The van der Waals surface area contributed by atoms with Gasteiger partial charge in [-0.1, -0.05) is 54.6 Å². The van der Waals surface area contributed by atoms with Crippen molar-refractivity contribution >= 4 is 22.5 Å². The number of amides is 2. The van der Waals surface area contributed by atoms with E-state index in [1.54, 1.807) is 0 Å². The number of carbonyl (C=O) groups is 1. The van der Waals surface area contributed by atoms with E-state index in [2.05, 4.69) is 27.7 Å².